The van der Waals surface area contributed by atoms with Gasteiger partial charge in [-0.15, -0.1) is 0 Å². The van der Waals surface area contributed by atoms with Gasteiger partial charge in [0.05, 0.1) is 0 Å². The first kappa shape index (κ1) is 13.0. The van der Waals surface area contributed by atoms with E-state index in [0.717, 1.165) is 0 Å². The van der Waals surface area contributed by atoms with Gasteiger partial charge >= 0.3 is 0 Å². The second kappa shape index (κ2) is 5.04. The number of carbonyl (C=O) groups is 1. The summed E-state index contributed by atoms with van der Waals surface area (Å²) < 4.78 is 0. The zero-order valence-corrected chi connectivity index (χ0v) is 10.9. The number of hydrazine groups is 1. The molecule has 0 aromatic carbocycles. The van der Waals surface area contributed by atoms with E-state index in [1.54, 1.807) is 24.5 Å². The molecule has 5 nitrogen and oxygen atoms in total. The average Bonchev–Trinajstić information content (AvgIpc) is 2.64. The zero-order valence-electron chi connectivity index (χ0n) is 10.9. The van der Waals surface area contributed by atoms with Crippen molar-refractivity contribution < 1.29 is 9.90 Å². The van der Waals surface area contributed by atoms with E-state index in [9.17, 15) is 9.90 Å². The van der Waals surface area contributed by atoms with Gasteiger partial charge in [-0.3, -0.25) is 9.78 Å². The van der Waals surface area contributed by atoms with E-state index in [-0.39, 0.29) is 18.0 Å². The van der Waals surface area contributed by atoms with Gasteiger partial charge < -0.3 is 5.11 Å². The van der Waals surface area contributed by atoms with Crippen LogP contribution in [0.4, 0.5) is 0 Å². The Morgan fingerprint density at radius 2 is 2.06 bits per heavy atom. The lowest BCUT2D eigenvalue weighted by atomic mass is 10.2. The molecule has 1 aliphatic rings. The lowest BCUT2D eigenvalue weighted by molar-refractivity contribution is -0.0780. The van der Waals surface area contributed by atoms with Crippen LogP contribution in [0.2, 0.25) is 0 Å². The second-order valence-corrected chi connectivity index (χ2v) is 4.92. The summed E-state index contributed by atoms with van der Waals surface area (Å²) in [6.45, 7) is 6.05. The summed E-state index contributed by atoms with van der Waals surface area (Å²) >= 11 is 0. The topological polar surface area (TPSA) is 56.7 Å². The summed E-state index contributed by atoms with van der Waals surface area (Å²) in [7, 11) is 0. The minimum atomic E-state index is -0.747. The van der Waals surface area contributed by atoms with E-state index < -0.39 is 6.23 Å². The van der Waals surface area contributed by atoms with Crippen molar-refractivity contribution >= 4 is 5.91 Å². The molecule has 2 heterocycles. The Bertz CT molecular complexity index is 422. The van der Waals surface area contributed by atoms with Crippen LogP contribution in [0.3, 0.4) is 0 Å². The first-order valence-electron chi connectivity index (χ1n) is 6.22. The van der Waals surface area contributed by atoms with Crippen LogP contribution in [0.5, 0.6) is 0 Å². The number of aliphatic hydroxyl groups is 1. The molecule has 98 valence electrons. The van der Waals surface area contributed by atoms with Crippen LogP contribution in [-0.4, -0.2) is 44.3 Å². The number of aromatic nitrogens is 1. The average molecular weight is 249 g/mol. The van der Waals surface area contributed by atoms with Crippen molar-refractivity contribution in [2.45, 2.75) is 45.5 Å². The van der Waals surface area contributed by atoms with Gasteiger partial charge in [0.15, 0.2) is 0 Å². The molecule has 0 bridgehead atoms. The second-order valence-electron chi connectivity index (χ2n) is 4.92. The molecule has 2 rings (SSSR count). The number of amides is 1. The molecule has 1 amide bonds. The fourth-order valence-electron chi connectivity index (χ4n) is 2.50. The van der Waals surface area contributed by atoms with E-state index in [1.807, 2.05) is 25.8 Å². The first-order valence-corrected chi connectivity index (χ1v) is 6.22. The number of hydrogen-bond donors (Lipinski definition) is 1. The molecule has 2 atom stereocenters. The van der Waals surface area contributed by atoms with Crippen LogP contribution in [-0.2, 0) is 0 Å². The third kappa shape index (κ3) is 2.23. The summed E-state index contributed by atoms with van der Waals surface area (Å²) in [5.74, 6) is -0.178. The van der Waals surface area contributed by atoms with Gasteiger partial charge in [-0.1, -0.05) is 0 Å². The van der Waals surface area contributed by atoms with Crippen molar-refractivity contribution in [3.05, 3.63) is 30.1 Å². The van der Waals surface area contributed by atoms with E-state index in [2.05, 4.69) is 4.98 Å². The van der Waals surface area contributed by atoms with Gasteiger partial charge in [0.25, 0.3) is 5.91 Å². The fraction of sp³-hybridized carbons (Fsp3) is 0.538. The molecule has 0 spiro atoms. The van der Waals surface area contributed by atoms with E-state index in [1.165, 1.54) is 5.01 Å². The Morgan fingerprint density at radius 3 is 2.61 bits per heavy atom. The van der Waals surface area contributed by atoms with Crippen molar-refractivity contribution in [2.75, 3.05) is 0 Å². The minimum absolute atomic E-state index is 0.158. The maximum absolute atomic E-state index is 12.4. The normalized spacial score (nSPS) is 24.8. The molecule has 0 aliphatic carbocycles. The Morgan fingerprint density at radius 1 is 1.44 bits per heavy atom. The van der Waals surface area contributed by atoms with Crippen LogP contribution >= 0.6 is 0 Å². The highest BCUT2D eigenvalue weighted by Crippen LogP contribution is 2.27. The summed E-state index contributed by atoms with van der Waals surface area (Å²) in [6.07, 6.45) is 3.00. The maximum atomic E-state index is 12.4. The zero-order chi connectivity index (χ0) is 13.3. The summed E-state index contributed by atoms with van der Waals surface area (Å²) in [6, 6.07) is 3.65. The van der Waals surface area contributed by atoms with Crippen molar-refractivity contribution in [2.24, 2.45) is 0 Å². The molecule has 0 radical (unpaired) electrons. The number of carbonyl (C=O) groups excluding carboxylic acids is 1. The Hall–Kier alpha value is -1.46. The summed E-state index contributed by atoms with van der Waals surface area (Å²) in [4.78, 5) is 16.3. The van der Waals surface area contributed by atoms with Gasteiger partial charge in [-0.2, -0.15) is 0 Å². The molecule has 5 heteroatoms. The number of aliphatic hydroxyl groups excluding tert-OH is 1. The van der Waals surface area contributed by atoms with E-state index in [0.29, 0.717) is 12.0 Å². The molecule has 1 saturated heterocycles. The van der Waals surface area contributed by atoms with Gasteiger partial charge in [-0.25, -0.2) is 10.0 Å². The van der Waals surface area contributed by atoms with Gasteiger partial charge in [0.2, 0.25) is 0 Å². The molecule has 1 aromatic heterocycles. The van der Waals surface area contributed by atoms with E-state index in [4.69, 9.17) is 0 Å². The van der Waals surface area contributed by atoms with Crippen LogP contribution in [0.1, 0.15) is 37.6 Å². The summed E-state index contributed by atoms with van der Waals surface area (Å²) in [5.41, 5.74) is 0.545. The van der Waals surface area contributed by atoms with Gasteiger partial charge in [0.1, 0.15) is 6.23 Å². The molecule has 1 N–H and O–H groups in total. The molecule has 1 fully saturated rings. The lowest BCUT2D eigenvalue weighted by Gasteiger charge is -2.35. The van der Waals surface area contributed by atoms with Crippen LogP contribution in [0.25, 0.3) is 0 Å². The molecule has 18 heavy (non-hydrogen) atoms. The Labute approximate surface area is 107 Å². The number of nitrogens with zero attached hydrogens (tertiary/aromatic N) is 3. The fourth-order valence-corrected chi connectivity index (χ4v) is 2.50. The Balaban J connectivity index is 2.28. The molecular weight excluding hydrogens is 230 g/mol. The first-order chi connectivity index (χ1) is 8.52. The highest BCUT2D eigenvalue weighted by molar-refractivity contribution is 5.94. The number of hydrogen-bond acceptors (Lipinski definition) is 4. The van der Waals surface area contributed by atoms with Crippen LogP contribution in [0, 0.1) is 0 Å². The minimum Gasteiger partial charge on any atom is -0.372 e. The Kier molecular flexibility index (Phi) is 3.63. The van der Waals surface area contributed by atoms with E-state index >= 15 is 0 Å². The van der Waals surface area contributed by atoms with Crippen molar-refractivity contribution in [1.29, 1.82) is 0 Å². The predicted molar refractivity (Wildman–Crippen MR) is 67.5 cm³/mol. The number of rotatable bonds is 2. The van der Waals surface area contributed by atoms with Gasteiger partial charge in [-0.05, 0) is 32.9 Å². The molecule has 1 aromatic rings. The van der Waals surface area contributed by atoms with Gasteiger partial charge in [0, 0.05) is 36.5 Å². The monoisotopic (exact) mass is 249 g/mol. The van der Waals surface area contributed by atoms with Crippen molar-refractivity contribution in [3.63, 3.8) is 0 Å². The predicted octanol–water partition coefficient (Wildman–Crippen LogP) is 1.26. The molecular formula is C13H19N3O2. The molecule has 0 saturated carbocycles. The molecule has 0 unspecified atom stereocenters. The highest BCUT2D eigenvalue weighted by atomic mass is 16.3. The smallest absolute Gasteiger partial charge is 0.270 e. The summed E-state index contributed by atoms with van der Waals surface area (Å²) in [5, 5.41) is 13.5. The van der Waals surface area contributed by atoms with Crippen molar-refractivity contribution in [1.82, 2.24) is 15.0 Å². The third-order valence-corrected chi connectivity index (χ3v) is 3.20. The van der Waals surface area contributed by atoms with Crippen LogP contribution in [0.15, 0.2) is 24.5 Å². The third-order valence-electron chi connectivity index (χ3n) is 3.20. The maximum Gasteiger partial charge on any atom is 0.270 e. The number of pyridine rings is 1. The van der Waals surface area contributed by atoms with Crippen molar-refractivity contribution in [3.8, 4) is 0 Å². The SMILES string of the molecule is CC(C)N1[C@@H](C)C[C@H](O)N1C(=O)c1ccncc1. The highest BCUT2D eigenvalue weighted by Gasteiger charge is 2.40. The van der Waals surface area contributed by atoms with Crippen LogP contribution < -0.4 is 0 Å². The standard InChI is InChI=1S/C13H19N3O2/c1-9(2)15-10(3)8-12(17)16(15)13(18)11-4-6-14-7-5-11/h4-7,9-10,12,17H,8H2,1-3H3/t10-,12-/m0/s1. The quantitative estimate of drug-likeness (QED) is 0.857. The lowest BCUT2D eigenvalue weighted by Crippen LogP contribution is -2.50. The molecule has 1 aliphatic heterocycles. The largest absolute Gasteiger partial charge is 0.372 e.